The average Bonchev–Trinajstić information content (AvgIpc) is 2.97. The van der Waals surface area contributed by atoms with Gasteiger partial charge >= 0.3 is 0 Å². The van der Waals surface area contributed by atoms with Crippen LogP contribution in [0, 0.1) is 6.92 Å². The third-order valence-electron chi connectivity index (χ3n) is 4.42. The van der Waals surface area contributed by atoms with E-state index in [9.17, 15) is 4.79 Å². The second-order valence-electron chi connectivity index (χ2n) is 6.02. The van der Waals surface area contributed by atoms with Gasteiger partial charge in [0.2, 0.25) is 5.95 Å². The number of hydrogen-bond donors (Lipinski definition) is 3. The molecule has 0 atom stereocenters. The number of aromatic nitrogens is 3. The second kappa shape index (κ2) is 5.61. The summed E-state index contributed by atoms with van der Waals surface area (Å²) < 4.78 is 0. The van der Waals surface area contributed by atoms with E-state index < -0.39 is 5.91 Å². The minimum absolute atomic E-state index is 0.222. The van der Waals surface area contributed by atoms with E-state index in [-0.39, 0.29) is 5.56 Å². The number of carbonyl (C=O) groups is 1. The summed E-state index contributed by atoms with van der Waals surface area (Å²) in [5.74, 6) is -0.0431. The summed E-state index contributed by atoms with van der Waals surface area (Å²) in [7, 11) is 0. The van der Waals surface area contributed by atoms with Crippen LogP contribution < -0.4 is 10.4 Å². The molecule has 0 unspecified atom stereocenters. The van der Waals surface area contributed by atoms with E-state index in [0.717, 1.165) is 18.5 Å². The molecule has 0 saturated heterocycles. The summed E-state index contributed by atoms with van der Waals surface area (Å²) in [6.45, 7) is 3.61. The number of aryl methyl sites for hydroxylation is 1. The molecule has 0 radical (unpaired) electrons. The topological polar surface area (TPSA) is 94.1 Å². The molecule has 1 aliphatic rings. The SMILES string of the molecule is Cc1ccc2c3c([nH]c2c1)CN(c1ncc(C(=O)NO)cn1)CC3. The normalized spacial score (nSPS) is 13.8. The van der Waals surface area contributed by atoms with Gasteiger partial charge in [-0.3, -0.25) is 10.0 Å². The number of fused-ring (bicyclic) bond motifs is 3. The van der Waals surface area contributed by atoms with Crippen molar-refractivity contribution in [2.45, 2.75) is 19.9 Å². The molecule has 122 valence electrons. The number of hydrogen-bond acceptors (Lipinski definition) is 5. The number of hydroxylamine groups is 1. The first kappa shape index (κ1) is 14.6. The van der Waals surface area contributed by atoms with Gasteiger partial charge in [-0.15, -0.1) is 0 Å². The van der Waals surface area contributed by atoms with Crippen molar-refractivity contribution in [1.82, 2.24) is 20.4 Å². The van der Waals surface area contributed by atoms with E-state index in [2.05, 4.69) is 45.0 Å². The molecule has 1 amide bonds. The van der Waals surface area contributed by atoms with Crippen molar-refractivity contribution < 1.29 is 10.0 Å². The first-order chi connectivity index (χ1) is 11.7. The first-order valence-electron chi connectivity index (χ1n) is 7.77. The lowest BCUT2D eigenvalue weighted by Crippen LogP contribution is -2.31. The molecule has 0 saturated carbocycles. The Kier molecular flexibility index (Phi) is 3.42. The number of carbonyl (C=O) groups excluding carboxylic acids is 1. The third kappa shape index (κ3) is 2.39. The number of amides is 1. The van der Waals surface area contributed by atoms with Crippen LogP contribution in [0.25, 0.3) is 10.9 Å². The van der Waals surface area contributed by atoms with Gasteiger partial charge in [0.15, 0.2) is 0 Å². The van der Waals surface area contributed by atoms with Crippen LogP contribution in [-0.2, 0) is 13.0 Å². The highest BCUT2D eigenvalue weighted by Gasteiger charge is 2.22. The lowest BCUT2D eigenvalue weighted by atomic mass is 10.0. The molecule has 0 aliphatic carbocycles. The Labute approximate surface area is 138 Å². The van der Waals surface area contributed by atoms with Crippen LogP contribution in [0.1, 0.15) is 27.2 Å². The van der Waals surface area contributed by atoms with E-state index in [0.29, 0.717) is 12.5 Å². The highest BCUT2D eigenvalue weighted by atomic mass is 16.5. The van der Waals surface area contributed by atoms with E-state index in [1.807, 2.05) is 0 Å². The zero-order chi connectivity index (χ0) is 16.7. The minimum Gasteiger partial charge on any atom is -0.357 e. The minimum atomic E-state index is -0.617. The fourth-order valence-corrected chi connectivity index (χ4v) is 3.20. The summed E-state index contributed by atoms with van der Waals surface area (Å²) in [4.78, 5) is 25.4. The Morgan fingerprint density at radius 1 is 1.33 bits per heavy atom. The average molecular weight is 323 g/mol. The highest BCUT2D eigenvalue weighted by Crippen LogP contribution is 2.29. The summed E-state index contributed by atoms with van der Waals surface area (Å²) >= 11 is 0. The van der Waals surface area contributed by atoms with Gasteiger partial charge in [-0.05, 0) is 30.5 Å². The summed E-state index contributed by atoms with van der Waals surface area (Å²) in [6, 6.07) is 6.47. The number of H-pyrrole nitrogens is 1. The Bertz CT molecular complexity index is 917. The first-order valence-corrected chi connectivity index (χ1v) is 7.77. The van der Waals surface area contributed by atoms with Gasteiger partial charge in [-0.25, -0.2) is 15.4 Å². The van der Waals surface area contributed by atoms with Crippen LogP contribution in [0.4, 0.5) is 5.95 Å². The Morgan fingerprint density at radius 3 is 2.88 bits per heavy atom. The maximum absolute atomic E-state index is 11.3. The second-order valence-corrected chi connectivity index (χ2v) is 6.02. The summed E-state index contributed by atoms with van der Waals surface area (Å²) in [5, 5.41) is 9.92. The molecule has 3 N–H and O–H groups in total. The van der Waals surface area contributed by atoms with E-state index in [1.165, 1.54) is 34.6 Å². The van der Waals surface area contributed by atoms with Crippen molar-refractivity contribution in [1.29, 1.82) is 0 Å². The van der Waals surface area contributed by atoms with Crippen molar-refractivity contribution >= 4 is 22.8 Å². The van der Waals surface area contributed by atoms with Crippen LogP contribution in [0.15, 0.2) is 30.6 Å². The fraction of sp³-hybridized carbons (Fsp3) is 0.235. The van der Waals surface area contributed by atoms with Crippen LogP contribution >= 0.6 is 0 Å². The van der Waals surface area contributed by atoms with E-state index in [4.69, 9.17) is 5.21 Å². The van der Waals surface area contributed by atoms with Crippen LogP contribution in [0.2, 0.25) is 0 Å². The van der Waals surface area contributed by atoms with Gasteiger partial charge < -0.3 is 9.88 Å². The lowest BCUT2D eigenvalue weighted by Gasteiger charge is -2.27. The zero-order valence-electron chi connectivity index (χ0n) is 13.2. The highest BCUT2D eigenvalue weighted by molar-refractivity contribution is 5.92. The molecule has 3 heterocycles. The molecule has 1 aromatic carbocycles. The van der Waals surface area contributed by atoms with Gasteiger partial charge in [0.1, 0.15) is 0 Å². The molecular formula is C17H17N5O2. The Hall–Kier alpha value is -2.93. The van der Waals surface area contributed by atoms with Crippen molar-refractivity contribution in [2.24, 2.45) is 0 Å². The monoisotopic (exact) mass is 323 g/mol. The summed E-state index contributed by atoms with van der Waals surface area (Å²) in [5.41, 5.74) is 6.74. The number of anilines is 1. The van der Waals surface area contributed by atoms with Crippen molar-refractivity contribution in [2.75, 3.05) is 11.4 Å². The molecule has 0 fully saturated rings. The zero-order valence-corrected chi connectivity index (χ0v) is 13.2. The van der Waals surface area contributed by atoms with Crippen LogP contribution in [-0.4, -0.2) is 32.6 Å². The number of nitrogens with zero attached hydrogens (tertiary/aromatic N) is 3. The molecule has 7 nitrogen and oxygen atoms in total. The van der Waals surface area contributed by atoms with Crippen LogP contribution in [0.3, 0.4) is 0 Å². The molecular weight excluding hydrogens is 306 g/mol. The third-order valence-corrected chi connectivity index (χ3v) is 4.42. The Morgan fingerprint density at radius 2 is 2.12 bits per heavy atom. The lowest BCUT2D eigenvalue weighted by molar-refractivity contribution is 0.0705. The maximum Gasteiger partial charge on any atom is 0.277 e. The smallest absolute Gasteiger partial charge is 0.277 e. The van der Waals surface area contributed by atoms with Crippen molar-refractivity contribution in [3.8, 4) is 0 Å². The molecule has 3 aromatic rings. The molecule has 4 rings (SSSR count). The van der Waals surface area contributed by atoms with E-state index >= 15 is 0 Å². The number of nitrogens with one attached hydrogen (secondary N) is 2. The molecule has 7 heteroatoms. The molecule has 2 aromatic heterocycles. The number of rotatable bonds is 2. The van der Waals surface area contributed by atoms with Crippen molar-refractivity contribution in [3.05, 3.63) is 53.0 Å². The quantitative estimate of drug-likeness (QED) is 0.495. The van der Waals surface area contributed by atoms with E-state index in [1.54, 1.807) is 5.48 Å². The van der Waals surface area contributed by atoms with Gasteiger partial charge in [0.25, 0.3) is 5.91 Å². The predicted octanol–water partition coefficient (Wildman–Crippen LogP) is 1.95. The molecule has 24 heavy (non-hydrogen) atoms. The maximum atomic E-state index is 11.3. The predicted molar refractivity (Wildman–Crippen MR) is 89.1 cm³/mol. The van der Waals surface area contributed by atoms with Gasteiger partial charge in [-0.2, -0.15) is 0 Å². The Balaban J connectivity index is 1.62. The fourth-order valence-electron chi connectivity index (χ4n) is 3.20. The van der Waals surface area contributed by atoms with Gasteiger partial charge in [-0.1, -0.05) is 12.1 Å². The molecule has 0 spiro atoms. The summed E-state index contributed by atoms with van der Waals surface area (Å²) in [6.07, 6.45) is 3.75. The molecule has 1 aliphatic heterocycles. The van der Waals surface area contributed by atoms with Gasteiger partial charge in [0, 0.05) is 35.5 Å². The molecule has 0 bridgehead atoms. The van der Waals surface area contributed by atoms with Crippen molar-refractivity contribution in [3.63, 3.8) is 0 Å². The standard InChI is InChI=1S/C17H17N5O2/c1-10-2-3-12-13-4-5-22(9-15(13)20-14(12)6-10)17-18-7-11(8-19-17)16(23)21-24/h2-3,6-8,20,24H,4-5,9H2,1H3,(H,21,23). The number of benzene rings is 1. The number of aromatic amines is 1. The van der Waals surface area contributed by atoms with Crippen LogP contribution in [0.5, 0.6) is 0 Å². The van der Waals surface area contributed by atoms with Gasteiger partial charge in [0.05, 0.1) is 12.1 Å². The largest absolute Gasteiger partial charge is 0.357 e.